The van der Waals surface area contributed by atoms with E-state index < -0.39 is 0 Å². The van der Waals surface area contributed by atoms with Gasteiger partial charge in [-0.25, -0.2) is 0 Å². The first-order valence-electron chi connectivity index (χ1n) is 6.84. The Morgan fingerprint density at radius 1 is 1.39 bits per heavy atom. The third-order valence-corrected chi connectivity index (χ3v) is 3.62. The van der Waals surface area contributed by atoms with Gasteiger partial charge in [-0.15, -0.1) is 0 Å². The van der Waals surface area contributed by atoms with E-state index in [1.54, 1.807) is 0 Å². The summed E-state index contributed by atoms with van der Waals surface area (Å²) in [5.41, 5.74) is 8.34. The zero-order valence-electron chi connectivity index (χ0n) is 11.4. The van der Waals surface area contributed by atoms with Crippen molar-refractivity contribution in [3.05, 3.63) is 35.4 Å². The summed E-state index contributed by atoms with van der Waals surface area (Å²) in [7, 11) is 0. The molecule has 1 unspecified atom stereocenters. The first-order chi connectivity index (χ1) is 8.46. The average Bonchev–Trinajstić information content (AvgIpc) is 2.27. The Bertz CT molecular complexity index is 431. The molecule has 0 fully saturated rings. The van der Waals surface area contributed by atoms with Crippen molar-refractivity contribution in [2.45, 2.75) is 57.4 Å². The van der Waals surface area contributed by atoms with Crippen LogP contribution in [-0.2, 0) is 11.2 Å². The topological polar surface area (TPSA) is 43.1 Å². The van der Waals surface area contributed by atoms with Gasteiger partial charge in [0.05, 0.1) is 0 Å². The molecule has 0 radical (unpaired) electrons. The van der Waals surface area contributed by atoms with Gasteiger partial charge in [0.2, 0.25) is 0 Å². The van der Waals surface area contributed by atoms with Gasteiger partial charge in [-0.1, -0.05) is 24.3 Å². The van der Waals surface area contributed by atoms with Gasteiger partial charge in [0.15, 0.2) is 0 Å². The number of fused-ring (bicyclic) bond motifs is 1. The van der Waals surface area contributed by atoms with E-state index in [4.69, 9.17) is 5.73 Å². The second-order valence-electron chi connectivity index (χ2n) is 6.20. The molecule has 2 heteroatoms. The molecule has 1 aliphatic carbocycles. The maximum Gasteiger partial charge on any atom is 0.135 e. The molecule has 0 aliphatic heterocycles. The van der Waals surface area contributed by atoms with Crippen LogP contribution in [-0.4, -0.2) is 11.3 Å². The van der Waals surface area contributed by atoms with Gasteiger partial charge in [-0.2, -0.15) is 0 Å². The Balaban J connectivity index is 2.05. The van der Waals surface area contributed by atoms with Crippen LogP contribution in [0.2, 0.25) is 0 Å². The van der Waals surface area contributed by atoms with Gasteiger partial charge in [-0.3, -0.25) is 4.79 Å². The smallest absolute Gasteiger partial charge is 0.135 e. The van der Waals surface area contributed by atoms with E-state index in [9.17, 15) is 4.79 Å². The predicted molar refractivity (Wildman–Crippen MR) is 74.6 cm³/mol. The highest BCUT2D eigenvalue weighted by Gasteiger charge is 2.24. The molecule has 0 amide bonds. The number of ketones is 1. The van der Waals surface area contributed by atoms with Crippen molar-refractivity contribution < 1.29 is 4.79 Å². The Morgan fingerprint density at radius 2 is 2.11 bits per heavy atom. The molecule has 1 aliphatic rings. The highest BCUT2D eigenvalue weighted by Crippen LogP contribution is 2.34. The SMILES string of the molecule is CC(C)(N)CC(=O)CC1CCCc2ccccc21. The molecule has 18 heavy (non-hydrogen) atoms. The normalized spacial score (nSPS) is 19.4. The van der Waals surface area contributed by atoms with E-state index in [0.717, 1.165) is 12.8 Å². The van der Waals surface area contributed by atoms with Gasteiger partial charge in [0.1, 0.15) is 5.78 Å². The van der Waals surface area contributed by atoms with E-state index in [1.165, 1.54) is 17.5 Å². The van der Waals surface area contributed by atoms with Crippen molar-refractivity contribution in [2.75, 3.05) is 0 Å². The minimum Gasteiger partial charge on any atom is -0.325 e. The van der Waals surface area contributed by atoms with Crippen molar-refractivity contribution in [1.29, 1.82) is 0 Å². The predicted octanol–water partition coefficient (Wildman–Crippen LogP) is 3.19. The lowest BCUT2D eigenvalue weighted by Crippen LogP contribution is -2.35. The molecule has 1 atom stereocenters. The number of rotatable bonds is 4. The standard InChI is InChI=1S/C16H23NO/c1-16(2,17)11-14(18)10-13-8-5-7-12-6-3-4-9-15(12)13/h3-4,6,9,13H,5,7-8,10-11,17H2,1-2H3. The van der Waals surface area contributed by atoms with Crippen LogP contribution < -0.4 is 5.73 Å². The fourth-order valence-electron chi connectivity index (χ4n) is 2.92. The van der Waals surface area contributed by atoms with E-state index in [2.05, 4.69) is 24.3 Å². The van der Waals surface area contributed by atoms with Crippen molar-refractivity contribution in [1.82, 2.24) is 0 Å². The summed E-state index contributed by atoms with van der Waals surface area (Å²) in [6.45, 7) is 3.83. The van der Waals surface area contributed by atoms with Crippen LogP contribution in [0.3, 0.4) is 0 Å². The van der Waals surface area contributed by atoms with Crippen molar-refractivity contribution >= 4 is 5.78 Å². The van der Waals surface area contributed by atoms with E-state index in [1.807, 2.05) is 13.8 Å². The number of nitrogens with two attached hydrogens (primary N) is 1. The molecule has 1 aromatic carbocycles. The summed E-state index contributed by atoms with van der Waals surface area (Å²) in [5, 5.41) is 0. The molecular formula is C16H23NO. The van der Waals surface area contributed by atoms with E-state index >= 15 is 0 Å². The van der Waals surface area contributed by atoms with Crippen LogP contribution in [0.25, 0.3) is 0 Å². The number of carbonyl (C=O) groups is 1. The summed E-state index contributed by atoms with van der Waals surface area (Å²) in [4.78, 5) is 12.1. The first-order valence-corrected chi connectivity index (χ1v) is 6.84. The van der Waals surface area contributed by atoms with Crippen LogP contribution in [0, 0.1) is 0 Å². The molecule has 0 heterocycles. The number of carbonyl (C=O) groups excluding carboxylic acids is 1. The van der Waals surface area contributed by atoms with Gasteiger partial charge >= 0.3 is 0 Å². The maximum absolute atomic E-state index is 12.1. The van der Waals surface area contributed by atoms with Crippen molar-refractivity contribution in [3.63, 3.8) is 0 Å². The Kier molecular flexibility index (Phi) is 3.86. The van der Waals surface area contributed by atoms with Gasteiger partial charge < -0.3 is 5.73 Å². The minimum absolute atomic E-state index is 0.296. The summed E-state index contributed by atoms with van der Waals surface area (Å²) in [5.74, 6) is 0.703. The Morgan fingerprint density at radius 3 is 2.83 bits per heavy atom. The monoisotopic (exact) mass is 245 g/mol. The highest BCUT2D eigenvalue weighted by atomic mass is 16.1. The lowest BCUT2D eigenvalue weighted by Gasteiger charge is -2.26. The summed E-state index contributed by atoms with van der Waals surface area (Å²) < 4.78 is 0. The van der Waals surface area contributed by atoms with Crippen LogP contribution >= 0.6 is 0 Å². The molecule has 0 saturated carbocycles. The number of aryl methyl sites for hydroxylation is 1. The maximum atomic E-state index is 12.1. The largest absolute Gasteiger partial charge is 0.325 e. The van der Waals surface area contributed by atoms with Crippen LogP contribution in [0.4, 0.5) is 0 Å². The molecular weight excluding hydrogens is 222 g/mol. The zero-order valence-corrected chi connectivity index (χ0v) is 11.4. The number of Topliss-reactive ketones (excluding diaryl/α,β-unsaturated/α-hetero) is 1. The van der Waals surface area contributed by atoms with Crippen molar-refractivity contribution in [3.8, 4) is 0 Å². The summed E-state index contributed by atoms with van der Waals surface area (Å²) in [6, 6.07) is 8.54. The van der Waals surface area contributed by atoms with Crippen LogP contribution in [0.15, 0.2) is 24.3 Å². The second kappa shape index (κ2) is 5.23. The second-order valence-corrected chi connectivity index (χ2v) is 6.20. The fraction of sp³-hybridized carbons (Fsp3) is 0.562. The van der Waals surface area contributed by atoms with Gasteiger partial charge in [0, 0.05) is 18.4 Å². The van der Waals surface area contributed by atoms with Gasteiger partial charge in [-0.05, 0) is 50.2 Å². The number of hydrogen-bond acceptors (Lipinski definition) is 2. The van der Waals surface area contributed by atoms with E-state index in [0.29, 0.717) is 24.5 Å². The molecule has 2 nitrogen and oxygen atoms in total. The molecule has 2 N–H and O–H groups in total. The molecule has 1 aromatic rings. The lowest BCUT2D eigenvalue weighted by atomic mass is 9.79. The molecule has 0 saturated heterocycles. The first kappa shape index (κ1) is 13.3. The molecule has 0 spiro atoms. The third-order valence-electron chi connectivity index (χ3n) is 3.62. The van der Waals surface area contributed by atoms with Crippen LogP contribution in [0.1, 0.15) is 56.6 Å². The quantitative estimate of drug-likeness (QED) is 0.885. The number of hydrogen-bond donors (Lipinski definition) is 1. The molecule has 0 aromatic heterocycles. The number of benzene rings is 1. The Labute approximate surface area is 110 Å². The highest BCUT2D eigenvalue weighted by molar-refractivity contribution is 5.80. The van der Waals surface area contributed by atoms with Gasteiger partial charge in [0.25, 0.3) is 0 Å². The zero-order chi connectivity index (χ0) is 13.2. The van der Waals surface area contributed by atoms with Crippen molar-refractivity contribution in [2.24, 2.45) is 5.73 Å². The molecule has 98 valence electrons. The third kappa shape index (κ3) is 3.42. The van der Waals surface area contributed by atoms with Crippen LogP contribution in [0.5, 0.6) is 0 Å². The summed E-state index contributed by atoms with van der Waals surface area (Å²) >= 11 is 0. The lowest BCUT2D eigenvalue weighted by molar-refractivity contribution is -0.120. The fourth-order valence-corrected chi connectivity index (χ4v) is 2.92. The average molecular weight is 245 g/mol. The molecule has 0 bridgehead atoms. The molecule has 2 rings (SSSR count). The minimum atomic E-state index is -0.384. The Hall–Kier alpha value is -1.15. The summed E-state index contributed by atoms with van der Waals surface area (Å²) in [6.07, 6.45) is 4.61. The van der Waals surface area contributed by atoms with E-state index in [-0.39, 0.29) is 5.54 Å².